The van der Waals surface area contributed by atoms with Crippen molar-refractivity contribution in [3.05, 3.63) is 12.2 Å². The van der Waals surface area contributed by atoms with E-state index in [1.165, 1.54) is 25.7 Å². The Kier molecular flexibility index (Phi) is 4.15. The van der Waals surface area contributed by atoms with E-state index in [0.29, 0.717) is 12.1 Å². The molecule has 2 atom stereocenters. The highest BCUT2D eigenvalue weighted by molar-refractivity contribution is 4.88. The first-order chi connectivity index (χ1) is 8.18. The molecule has 17 heavy (non-hydrogen) atoms. The lowest BCUT2D eigenvalue weighted by Crippen LogP contribution is -2.37. The number of hydrogen-bond acceptors (Lipinski definition) is 3. The van der Waals surface area contributed by atoms with E-state index in [4.69, 9.17) is 0 Å². The zero-order chi connectivity index (χ0) is 12.3. The highest BCUT2D eigenvalue weighted by Gasteiger charge is 2.21. The summed E-state index contributed by atoms with van der Waals surface area (Å²) in [6.45, 7) is 7.47. The maximum absolute atomic E-state index is 4.34. The van der Waals surface area contributed by atoms with Gasteiger partial charge >= 0.3 is 0 Å². The molecule has 0 saturated heterocycles. The van der Waals surface area contributed by atoms with E-state index in [-0.39, 0.29) is 0 Å². The van der Waals surface area contributed by atoms with Gasteiger partial charge in [0.25, 0.3) is 0 Å². The van der Waals surface area contributed by atoms with E-state index in [0.717, 1.165) is 18.3 Å². The molecule has 2 unspecified atom stereocenters. The van der Waals surface area contributed by atoms with E-state index >= 15 is 0 Å². The average Bonchev–Trinajstić information content (AvgIpc) is 2.76. The topological polar surface area (TPSA) is 42.7 Å². The van der Waals surface area contributed by atoms with Crippen LogP contribution in [0.3, 0.4) is 0 Å². The van der Waals surface area contributed by atoms with Crippen molar-refractivity contribution in [2.24, 2.45) is 5.92 Å². The van der Waals surface area contributed by atoms with Gasteiger partial charge in [0.15, 0.2) is 0 Å². The first-order valence-electron chi connectivity index (χ1n) is 6.80. The van der Waals surface area contributed by atoms with Gasteiger partial charge in [0.1, 0.15) is 12.2 Å². The van der Waals surface area contributed by atoms with E-state index in [9.17, 15) is 0 Å². The summed E-state index contributed by atoms with van der Waals surface area (Å²) in [6, 6.07) is 1.04. The van der Waals surface area contributed by atoms with Crippen molar-refractivity contribution in [2.45, 2.75) is 65.1 Å². The number of nitrogens with one attached hydrogen (secondary N) is 1. The largest absolute Gasteiger partial charge is 0.307 e. The summed E-state index contributed by atoms with van der Waals surface area (Å²) in [5.41, 5.74) is 0. The standard InChI is InChI=1S/C13H24N4/c1-10(2)17-13(15-9-16-17)8-14-12-7-5-4-6-11(12)3/h9-12,14H,4-8H2,1-3H3. The lowest BCUT2D eigenvalue weighted by molar-refractivity contribution is 0.275. The summed E-state index contributed by atoms with van der Waals surface area (Å²) in [7, 11) is 0. The molecular formula is C13H24N4. The van der Waals surface area contributed by atoms with Crippen molar-refractivity contribution in [3.63, 3.8) is 0 Å². The van der Waals surface area contributed by atoms with Crippen molar-refractivity contribution in [2.75, 3.05) is 0 Å². The molecule has 0 aromatic carbocycles. The van der Waals surface area contributed by atoms with Crippen LogP contribution in [0.5, 0.6) is 0 Å². The minimum atomic E-state index is 0.387. The fraction of sp³-hybridized carbons (Fsp3) is 0.846. The van der Waals surface area contributed by atoms with Crippen LogP contribution in [0, 0.1) is 5.92 Å². The molecule has 2 rings (SSSR count). The smallest absolute Gasteiger partial charge is 0.141 e. The third kappa shape index (κ3) is 3.06. The van der Waals surface area contributed by atoms with Crippen LogP contribution in [0.1, 0.15) is 58.3 Å². The lowest BCUT2D eigenvalue weighted by Gasteiger charge is -2.29. The van der Waals surface area contributed by atoms with Crippen LogP contribution in [0.4, 0.5) is 0 Å². The Labute approximate surface area is 104 Å². The SMILES string of the molecule is CC1CCCCC1NCc1ncnn1C(C)C. The van der Waals surface area contributed by atoms with Gasteiger partial charge in [0.2, 0.25) is 0 Å². The van der Waals surface area contributed by atoms with Crippen LogP contribution in [0.15, 0.2) is 6.33 Å². The normalized spacial score (nSPS) is 25.4. The first kappa shape index (κ1) is 12.6. The molecule has 96 valence electrons. The summed E-state index contributed by atoms with van der Waals surface area (Å²) in [4.78, 5) is 4.34. The minimum Gasteiger partial charge on any atom is -0.307 e. The predicted octanol–water partition coefficient (Wildman–Crippen LogP) is 2.53. The maximum Gasteiger partial charge on any atom is 0.141 e. The van der Waals surface area contributed by atoms with Crippen LogP contribution in [-0.2, 0) is 6.54 Å². The Balaban J connectivity index is 1.90. The third-order valence-electron chi connectivity index (χ3n) is 3.77. The van der Waals surface area contributed by atoms with Crippen LogP contribution < -0.4 is 5.32 Å². The molecule has 1 aromatic heterocycles. The minimum absolute atomic E-state index is 0.387. The highest BCUT2D eigenvalue weighted by Crippen LogP contribution is 2.23. The molecule has 0 spiro atoms. The molecule has 1 N–H and O–H groups in total. The molecule has 1 aliphatic rings. The maximum atomic E-state index is 4.34. The van der Waals surface area contributed by atoms with Crippen LogP contribution in [0.25, 0.3) is 0 Å². The van der Waals surface area contributed by atoms with Gasteiger partial charge in [-0.05, 0) is 32.6 Å². The Bertz CT molecular complexity index is 345. The predicted molar refractivity (Wildman–Crippen MR) is 68.7 cm³/mol. The second kappa shape index (κ2) is 5.63. The molecule has 0 aliphatic heterocycles. The molecule has 4 nitrogen and oxygen atoms in total. The van der Waals surface area contributed by atoms with Gasteiger partial charge in [-0.15, -0.1) is 0 Å². The van der Waals surface area contributed by atoms with E-state index in [2.05, 4.69) is 36.2 Å². The zero-order valence-electron chi connectivity index (χ0n) is 11.2. The second-order valence-electron chi connectivity index (χ2n) is 5.46. The number of rotatable bonds is 4. The summed E-state index contributed by atoms with van der Waals surface area (Å²) in [5, 5.41) is 7.91. The first-order valence-corrected chi connectivity index (χ1v) is 6.80. The lowest BCUT2D eigenvalue weighted by atomic mass is 9.86. The molecule has 1 saturated carbocycles. The number of aromatic nitrogens is 3. The number of nitrogens with zero attached hydrogens (tertiary/aromatic N) is 3. The number of hydrogen-bond donors (Lipinski definition) is 1. The summed E-state index contributed by atoms with van der Waals surface area (Å²) in [6.07, 6.45) is 7.06. The van der Waals surface area contributed by atoms with Crippen LogP contribution in [-0.4, -0.2) is 20.8 Å². The van der Waals surface area contributed by atoms with Crippen molar-refractivity contribution < 1.29 is 0 Å². The molecule has 0 amide bonds. The Hall–Kier alpha value is -0.900. The Morgan fingerprint density at radius 3 is 2.88 bits per heavy atom. The zero-order valence-corrected chi connectivity index (χ0v) is 11.2. The van der Waals surface area contributed by atoms with Crippen molar-refractivity contribution in [1.82, 2.24) is 20.1 Å². The van der Waals surface area contributed by atoms with Crippen LogP contribution in [0.2, 0.25) is 0 Å². The molecule has 0 bridgehead atoms. The van der Waals surface area contributed by atoms with Crippen molar-refractivity contribution in [3.8, 4) is 0 Å². The fourth-order valence-corrected chi connectivity index (χ4v) is 2.67. The van der Waals surface area contributed by atoms with Gasteiger partial charge in [-0.2, -0.15) is 5.10 Å². The molecule has 1 heterocycles. The third-order valence-corrected chi connectivity index (χ3v) is 3.77. The van der Waals surface area contributed by atoms with Gasteiger partial charge < -0.3 is 5.32 Å². The second-order valence-corrected chi connectivity index (χ2v) is 5.46. The van der Waals surface area contributed by atoms with Gasteiger partial charge in [0, 0.05) is 12.1 Å². The average molecular weight is 236 g/mol. The quantitative estimate of drug-likeness (QED) is 0.873. The van der Waals surface area contributed by atoms with E-state index < -0.39 is 0 Å². The monoisotopic (exact) mass is 236 g/mol. The molecular weight excluding hydrogens is 212 g/mol. The Morgan fingerprint density at radius 1 is 1.41 bits per heavy atom. The van der Waals surface area contributed by atoms with Gasteiger partial charge in [-0.25, -0.2) is 9.67 Å². The van der Waals surface area contributed by atoms with Gasteiger partial charge in [-0.3, -0.25) is 0 Å². The molecule has 1 fully saturated rings. The Morgan fingerprint density at radius 2 is 2.18 bits per heavy atom. The van der Waals surface area contributed by atoms with Crippen molar-refractivity contribution in [1.29, 1.82) is 0 Å². The van der Waals surface area contributed by atoms with Crippen molar-refractivity contribution >= 4 is 0 Å². The molecule has 4 heteroatoms. The van der Waals surface area contributed by atoms with E-state index in [1.807, 2.05) is 4.68 Å². The summed E-state index contributed by atoms with van der Waals surface area (Å²) in [5.74, 6) is 1.84. The van der Waals surface area contributed by atoms with Gasteiger partial charge in [0.05, 0.1) is 6.54 Å². The van der Waals surface area contributed by atoms with Crippen LogP contribution >= 0.6 is 0 Å². The molecule has 0 radical (unpaired) electrons. The fourth-order valence-electron chi connectivity index (χ4n) is 2.67. The highest BCUT2D eigenvalue weighted by atomic mass is 15.4. The molecule has 1 aromatic rings. The van der Waals surface area contributed by atoms with Gasteiger partial charge in [-0.1, -0.05) is 19.8 Å². The summed E-state index contributed by atoms with van der Waals surface area (Å²) < 4.78 is 2.00. The van der Waals surface area contributed by atoms with E-state index in [1.54, 1.807) is 6.33 Å². The molecule has 1 aliphatic carbocycles. The summed E-state index contributed by atoms with van der Waals surface area (Å²) >= 11 is 0.